The summed E-state index contributed by atoms with van der Waals surface area (Å²) >= 11 is 1.71. The van der Waals surface area contributed by atoms with E-state index in [1.165, 1.54) is 4.70 Å². The van der Waals surface area contributed by atoms with Gasteiger partial charge in [-0.3, -0.25) is 0 Å². The Bertz CT molecular complexity index is 3250. The molecule has 0 fully saturated rings. The number of para-hydroxylation sites is 1. The standard InChI is InChI=1S/C50H30N4OS/c1-4-15-31(16-5-1)36-28-37(30-38(29-36)46-44-40-24-11-13-26-42(40)56-50(44)54-48(52-46)33-19-8-3-9-20-33)34-21-14-22-35(27-34)45-43-39-23-10-12-25-41(39)55-49(43)53-47(51-45)32-17-6-2-7-18-32/h1-30H. The van der Waals surface area contributed by atoms with E-state index in [4.69, 9.17) is 24.4 Å². The molecule has 0 aliphatic carbocycles. The van der Waals surface area contributed by atoms with Gasteiger partial charge in [0.1, 0.15) is 10.4 Å². The molecular weight excluding hydrogens is 705 g/mol. The Balaban J connectivity index is 1.15. The first kappa shape index (κ1) is 32.2. The summed E-state index contributed by atoms with van der Waals surface area (Å²) in [6, 6.07) is 63.0. The quantitative estimate of drug-likeness (QED) is 0.170. The first-order valence-corrected chi connectivity index (χ1v) is 19.4. The minimum Gasteiger partial charge on any atom is -0.438 e. The minimum absolute atomic E-state index is 0.568. The number of nitrogens with zero attached hydrogens (tertiary/aromatic N) is 4. The summed E-state index contributed by atoms with van der Waals surface area (Å²) in [5.41, 5.74) is 11.4. The number of furan rings is 1. The molecule has 0 N–H and O–H groups in total. The largest absolute Gasteiger partial charge is 0.438 e. The van der Waals surface area contributed by atoms with Crippen molar-refractivity contribution in [3.63, 3.8) is 0 Å². The number of hydrogen-bond donors (Lipinski definition) is 0. The van der Waals surface area contributed by atoms with Gasteiger partial charge in [-0.1, -0.05) is 146 Å². The Morgan fingerprint density at radius 3 is 1.61 bits per heavy atom. The van der Waals surface area contributed by atoms with Crippen LogP contribution in [-0.2, 0) is 0 Å². The lowest BCUT2D eigenvalue weighted by atomic mass is 9.92. The second-order valence-corrected chi connectivity index (χ2v) is 14.9. The van der Waals surface area contributed by atoms with Gasteiger partial charge in [-0.05, 0) is 58.7 Å². The molecule has 7 aromatic carbocycles. The Labute approximate surface area is 326 Å². The van der Waals surface area contributed by atoms with Crippen LogP contribution in [0.3, 0.4) is 0 Å². The Hall–Kier alpha value is -7.28. The van der Waals surface area contributed by atoms with Crippen LogP contribution in [0.25, 0.3) is 110 Å². The second-order valence-electron chi connectivity index (χ2n) is 13.8. The van der Waals surface area contributed by atoms with E-state index in [-0.39, 0.29) is 0 Å². The Kier molecular flexibility index (Phi) is 7.60. The van der Waals surface area contributed by atoms with E-state index in [0.29, 0.717) is 17.4 Å². The van der Waals surface area contributed by atoms with E-state index in [9.17, 15) is 0 Å². The van der Waals surface area contributed by atoms with Crippen LogP contribution >= 0.6 is 11.3 Å². The summed E-state index contributed by atoms with van der Waals surface area (Å²) in [5.74, 6) is 1.33. The normalized spacial score (nSPS) is 11.6. The van der Waals surface area contributed by atoms with Crippen molar-refractivity contribution >= 4 is 53.7 Å². The van der Waals surface area contributed by atoms with Crippen LogP contribution in [0.2, 0.25) is 0 Å². The number of hydrogen-bond acceptors (Lipinski definition) is 6. The number of aromatic nitrogens is 4. The molecule has 4 heterocycles. The van der Waals surface area contributed by atoms with Crippen LogP contribution in [0, 0.1) is 0 Å². The van der Waals surface area contributed by atoms with Crippen LogP contribution in [0.5, 0.6) is 0 Å². The summed E-state index contributed by atoms with van der Waals surface area (Å²) < 4.78 is 7.55. The van der Waals surface area contributed by atoms with E-state index < -0.39 is 0 Å². The molecule has 0 aliphatic heterocycles. The van der Waals surface area contributed by atoms with Crippen LogP contribution in [0.1, 0.15) is 0 Å². The van der Waals surface area contributed by atoms with Gasteiger partial charge < -0.3 is 4.42 Å². The molecule has 56 heavy (non-hydrogen) atoms. The fraction of sp³-hybridized carbons (Fsp3) is 0. The minimum atomic E-state index is 0.568. The van der Waals surface area contributed by atoms with Crippen molar-refractivity contribution < 1.29 is 4.42 Å². The van der Waals surface area contributed by atoms with Gasteiger partial charge in [-0.25, -0.2) is 15.0 Å². The SMILES string of the molecule is c1ccc(-c2cc(-c3cccc(-c4nc(-c5ccccc5)nc5oc6ccccc6c45)c3)cc(-c3nc(-c4ccccc4)nc4sc5ccccc5c34)c2)cc1. The molecule has 262 valence electrons. The number of rotatable bonds is 6. The average molecular weight is 735 g/mol. The molecular formula is C50H30N4OS. The molecule has 0 radical (unpaired) electrons. The topological polar surface area (TPSA) is 64.7 Å². The van der Waals surface area contributed by atoms with E-state index in [1.807, 2.05) is 66.7 Å². The van der Waals surface area contributed by atoms with Crippen LogP contribution in [0.4, 0.5) is 0 Å². The zero-order valence-electron chi connectivity index (χ0n) is 29.9. The molecule has 0 saturated heterocycles. The highest BCUT2D eigenvalue weighted by molar-refractivity contribution is 7.25. The van der Waals surface area contributed by atoms with Crippen LogP contribution in [-0.4, -0.2) is 19.9 Å². The highest BCUT2D eigenvalue weighted by atomic mass is 32.1. The summed E-state index contributed by atoms with van der Waals surface area (Å²) in [6.45, 7) is 0. The third kappa shape index (κ3) is 5.54. The van der Waals surface area contributed by atoms with E-state index >= 15 is 0 Å². The molecule has 0 unspecified atom stereocenters. The molecule has 0 amide bonds. The van der Waals surface area contributed by atoms with Gasteiger partial charge in [0.05, 0.1) is 16.8 Å². The monoisotopic (exact) mass is 734 g/mol. The summed E-state index contributed by atoms with van der Waals surface area (Å²) in [4.78, 5) is 21.6. The molecule has 0 bridgehead atoms. The van der Waals surface area contributed by atoms with Gasteiger partial charge in [0.25, 0.3) is 0 Å². The molecule has 4 aromatic heterocycles. The lowest BCUT2D eigenvalue weighted by Crippen LogP contribution is -1.95. The predicted molar refractivity (Wildman–Crippen MR) is 230 cm³/mol. The molecule has 0 saturated carbocycles. The maximum atomic E-state index is 6.36. The second kappa shape index (κ2) is 13.2. The lowest BCUT2D eigenvalue weighted by Gasteiger charge is -2.14. The highest BCUT2D eigenvalue weighted by Crippen LogP contribution is 2.43. The first-order valence-electron chi connectivity index (χ1n) is 18.5. The Morgan fingerprint density at radius 2 is 0.875 bits per heavy atom. The summed E-state index contributed by atoms with van der Waals surface area (Å²) in [7, 11) is 0. The smallest absolute Gasteiger partial charge is 0.231 e. The van der Waals surface area contributed by atoms with Gasteiger partial charge in [0.15, 0.2) is 11.6 Å². The van der Waals surface area contributed by atoms with Gasteiger partial charge in [-0.15, -0.1) is 11.3 Å². The van der Waals surface area contributed by atoms with Crippen molar-refractivity contribution in [3.05, 3.63) is 182 Å². The Morgan fingerprint density at radius 1 is 0.357 bits per heavy atom. The van der Waals surface area contributed by atoms with E-state index in [1.54, 1.807) is 11.3 Å². The van der Waals surface area contributed by atoms with Crippen molar-refractivity contribution in [2.24, 2.45) is 0 Å². The van der Waals surface area contributed by atoms with Crippen molar-refractivity contribution in [2.75, 3.05) is 0 Å². The van der Waals surface area contributed by atoms with Gasteiger partial charge in [-0.2, -0.15) is 4.98 Å². The van der Waals surface area contributed by atoms with Crippen LogP contribution in [0.15, 0.2) is 186 Å². The zero-order chi connectivity index (χ0) is 37.0. The summed E-state index contributed by atoms with van der Waals surface area (Å²) in [5, 5.41) is 4.11. The molecule has 0 atom stereocenters. The van der Waals surface area contributed by atoms with Crippen molar-refractivity contribution in [3.8, 4) is 67.5 Å². The first-order chi connectivity index (χ1) is 27.7. The molecule has 5 nitrogen and oxygen atoms in total. The molecule has 11 aromatic rings. The summed E-state index contributed by atoms with van der Waals surface area (Å²) in [6.07, 6.45) is 0. The van der Waals surface area contributed by atoms with Crippen molar-refractivity contribution in [1.29, 1.82) is 0 Å². The highest BCUT2D eigenvalue weighted by Gasteiger charge is 2.21. The number of thiophene rings is 1. The average Bonchev–Trinajstić information content (AvgIpc) is 3.85. The third-order valence-corrected chi connectivity index (χ3v) is 11.4. The van der Waals surface area contributed by atoms with Crippen LogP contribution < -0.4 is 0 Å². The van der Waals surface area contributed by atoms with Gasteiger partial charge >= 0.3 is 0 Å². The van der Waals surface area contributed by atoms with E-state index in [0.717, 1.165) is 87.9 Å². The fourth-order valence-corrected chi connectivity index (χ4v) is 8.75. The molecule has 0 aliphatic rings. The maximum Gasteiger partial charge on any atom is 0.231 e. The third-order valence-electron chi connectivity index (χ3n) is 10.3. The van der Waals surface area contributed by atoms with Crippen molar-refractivity contribution in [1.82, 2.24) is 19.9 Å². The van der Waals surface area contributed by atoms with Crippen molar-refractivity contribution in [2.45, 2.75) is 0 Å². The van der Waals surface area contributed by atoms with E-state index in [2.05, 4.69) is 115 Å². The molecule has 0 spiro atoms. The molecule has 11 rings (SSSR count). The zero-order valence-corrected chi connectivity index (χ0v) is 30.7. The molecule has 6 heteroatoms. The fourth-order valence-electron chi connectivity index (χ4n) is 7.67. The van der Waals surface area contributed by atoms with Gasteiger partial charge in [0, 0.05) is 43.1 Å². The number of benzene rings is 7. The number of fused-ring (bicyclic) bond motifs is 6. The lowest BCUT2D eigenvalue weighted by molar-refractivity contribution is 0.653. The maximum absolute atomic E-state index is 6.36. The predicted octanol–water partition coefficient (Wildman–Crippen LogP) is 13.5. The van der Waals surface area contributed by atoms with Gasteiger partial charge in [0.2, 0.25) is 5.71 Å².